The molecular weight excluding hydrogens is 184 g/mol. The van der Waals surface area contributed by atoms with E-state index < -0.39 is 0 Å². The van der Waals surface area contributed by atoms with Crippen LogP contribution in [-0.2, 0) is 4.74 Å². The summed E-state index contributed by atoms with van der Waals surface area (Å²) in [6.07, 6.45) is 1.86. The molecule has 2 N–H and O–H groups in total. The van der Waals surface area contributed by atoms with Gasteiger partial charge in [0.1, 0.15) is 0 Å². The predicted molar refractivity (Wildman–Crippen MR) is 60.0 cm³/mol. The fraction of sp³-hybridized carbons (Fsp3) is 0.889. The van der Waals surface area contributed by atoms with Crippen LogP contribution < -0.4 is 5.73 Å². The standard InChI is InChI=1S/C9H20N2OS/c1-8(7-12-3)11(2)6-4-5-9(10)13/h8H,4-7H2,1-3H3,(H2,10,13). The Morgan fingerprint density at radius 1 is 1.62 bits per heavy atom. The third-order valence-corrected chi connectivity index (χ3v) is 2.30. The fourth-order valence-electron chi connectivity index (χ4n) is 1.09. The number of rotatable bonds is 7. The topological polar surface area (TPSA) is 38.5 Å². The largest absolute Gasteiger partial charge is 0.393 e. The Kier molecular flexibility index (Phi) is 7.13. The second kappa shape index (κ2) is 7.24. The molecule has 0 aliphatic carbocycles. The molecule has 0 fully saturated rings. The van der Waals surface area contributed by atoms with Crippen LogP contribution in [0.5, 0.6) is 0 Å². The minimum Gasteiger partial charge on any atom is -0.393 e. The number of methoxy groups -OCH3 is 1. The van der Waals surface area contributed by atoms with Crippen LogP contribution in [0.15, 0.2) is 0 Å². The van der Waals surface area contributed by atoms with Crippen molar-refractivity contribution in [2.24, 2.45) is 5.73 Å². The van der Waals surface area contributed by atoms with Crippen LogP contribution in [0.4, 0.5) is 0 Å². The molecule has 0 heterocycles. The fourth-order valence-corrected chi connectivity index (χ4v) is 1.24. The number of hydrogen-bond donors (Lipinski definition) is 1. The number of ether oxygens (including phenoxy) is 1. The molecule has 0 saturated heterocycles. The predicted octanol–water partition coefficient (Wildman–Crippen LogP) is 1.02. The first-order valence-corrected chi connectivity index (χ1v) is 4.96. The number of nitrogens with zero attached hydrogens (tertiary/aromatic N) is 1. The second-order valence-electron chi connectivity index (χ2n) is 3.35. The summed E-state index contributed by atoms with van der Waals surface area (Å²) in [5, 5.41) is 0. The Morgan fingerprint density at radius 3 is 2.69 bits per heavy atom. The van der Waals surface area contributed by atoms with Crippen molar-refractivity contribution in [1.82, 2.24) is 4.90 Å². The van der Waals surface area contributed by atoms with E-state index in [0.717, 1.165) is 26.0 Å². The average Bonchev–Trinajstić information content (AvgIpc) is 2.04. The van der Waals surface area contributed by atoms with Crippen LogP contribution in [-0.4, -0.2) is 43.2 Å². The van der Waals surface area contributed by atoms with Crippen LogP contribution in [0.25, 0.3) is 0 Å². The van der Waals surface area contributed by atoms with Crippen molar-refractivity contribution in [2.75, 3.05) is 27.3 Å². The molecule has 0 saturated carbocycles. The maximum atomic E-state index is 5.40. The highest BCUT2D eigenvalue weighted by Gasteiger charge is 2.07. The monoisotopic (exact) mass is 204 g/mol. The highest BCUT2D eigenvalue weighted by molar-refractivity contribution is 7.80. The first-order chi connectivity index (χ1) is 6.07. The van der Waals surface area contributed by atoms with Crippen molar-refractivity contribution in [1.29, 1.82) is 0 Å². The number of thiocarbonyl (C=S) groups is 1. The molecule has 78 valence electrons. The molecule has 0 aliphatic rings. The summed E-state index contributed by atoms with van der Waals surface area (Å²) in [4.78, 5) is 2.86. The van der Waals surface area contributed by atoms with Crippen molar-refractivity contribution < 1.29 is 4.74 Å². The normalized spacial score (nSPS) is 13.2. The molecule has 0 aromatic rings. The molecule has 0 spiro atoms. The van der Waals surface area contributed by atoms with Gasteiger partial charge in [0.25, 0.3) is 0 Å². The zero-order valence-electron chi connectivity index (χ0n) is 8.75. The maximum absolute atomic E-state index is 5.40. The van der Waals surface area contributed by atoms with Crippen molar-refractivity contribution >= 4 is 17.2 Å². The van der Waals surface area contributed by atoms with E-state index >= 15 is 0 Å². The Balaban J connectivity index is 3.49. The molecule has 0 aromatic carbocycles. The first kappa shape index (κ1) is 12.8. The lowest BCUT2D eigenvalue weighted by atomic mass is 10.2. The SMILES string of the molecule is COCC(C)N(C)CCCC(N)=S. The lowest BCUT2D eigenvalue weighted by molar-refractivity contribution is 0.115. The van der Waals surface area contributed by atoms with Gasteiger partial charge in [0.15, 0.2) is 0 Å². The van der Waals surface area contributed by atoms with E-state index in [1.807, 2.05) is 0 Å². The molecule has 0 amide bonds. The summed E-state index contributed by atoms with van der Waals surface area (Å²) in [5.74, 6) is 0. The average molecular weight is 204 g/mol. The van der Waals surface area contributed by atoms with Crippen LogP contribution >= 0.6 is 12.2 Å². The molecular formula is C9H20N2OS. The van der Waals surface area contributed by atoms with E-state index in [-0.39, 0.29) is 0 Å². The Morgan fingerprint density at radius 2 is 2.23 bits per heavy atom. The zero-order valence-corrected chi connectivity index (χ0v) is 9.56. The molecule has 0 aromatic heterocycles. The van der Waals surface area contributed by atoms with Gasteiger partial charge in [0, 0.05) is 13.2 Å². The minimum atomic E-state index is 0.455. The van der Waals surface area contributed by atoms with E-state index in [1.54, 1.807) is 7.11 Å². The Bertz CT molecular complexity index is 153. The molecule has 0 radical (unpaired) electrons. The van der Waals surface area contributed by atoms with Gasteiger partial charge in [-0.15, -0.1) is 0 Å². The van der Waals surface area contributed by atoms with Crippen LogP contribution in [0.2, 0.25) is 0 Å². The smallest absolute Gasteiger partial charge is 0.0727 e. The van der Waals surface area contributed by atoms with E-state index in [1.165, 1.54) is 0 Å². The molecule has 4 heteroatoms. The van der Waals surface area contributed by atoms with Gasteiger partial charge in [-0.25, -0.2) is 0 Å². The summed E-state index contributed by atoms with van der Waals surface area (Å²) >= 11 is 4.80. The zero-order chi connectivity index (χ0) is 10.3. The van der Waals surface area contributed by atoms with Crippen LogP contribution in [0.1, 0.15) is 19.8 Å². The van der Waals surface area contributed by atoms with Crippen molar-refractivity contribution in [3.05, 3.63) is 0 Å². The minimum absolute atomic E-state index is 0.455. The first-order valence-electron chi connectivity index (χ1n) is 4.55. The summed E-state index contributed by atoms with van der Waals surface area (Å²) in [7, 11) is 3.81. The number of likely N-dealkylation sites (N-methyl/N-ethyl adjacent to an activating group) is 1. The van der Waals surface area contributed by atoms with Crippen molar-refractivity contribution in [3.8, 4) is 0 Å². The second-order valence-corrected chi connectivity index (χ2v) is 3.88. The van der Waals surface area contributed by atoms with Crippen molar-refractivity contribution in [2.45, 2.75) is 25.8 Å². The van der Waals surface area contributed by atoms with Gasteiger partial charge in [0.05, 0.1) is 11.6 Å². The maximum Gasteiger partial charge on any atom is 0.0727 e. The van der Waals surface area contributed by atoms with Crippen LogP contribution in [0.3, 0.4) is 0 Å². The Hall–Kier alpha value is -0.190. The van der Waals surface area contributed by atoms with Crippen molar-refractivity contribution in [3.63, 3.8) is 0 Å². The quantitative estimate of drug-likeness (QED) is 0.628. The molecule has 3 nitrogen and oxygen atoms in total. The molecule has 13 heavy (non-hydrogen) atoms. The lowest BCUT2D eigenvalue weighted by Gasteiger charge is -2.23. The van der Waals surface area contributed by atoms with E-state index in [4.69, 9.17) is 22.7 Å². The summed E-state index contributed by atoms with van der Waals surface area (Å²) in [6, 6.07) is 0.455. The highest BCUT2D eigenvalue weighted by atomic mass is 32.1. The van der Waals surface area contributed by atoms with Gasteiger partial charge < -0.3 is 15.4 Å². The third kappa shape index (κ3) is 6.93. The van der Waals surface area contributed by atoms with E-state index in [2.05, 4.69) is 18.9 Å². The van der Waals surface area contributed by atoms with E-state index in [0.29, 0.717) is 11.0 Å². The summed E-state index contributed by atoms with van der Waals surface area (Å²) < 4.78 is 5.06. The molecule has 0 rings (SSSR count). The molecule has 0 bridgehead atoms. The number of nitrogens with two attached hydrogens (primary N) is 1. The highest BCUT2D eigenvalue weighted by Crippen LogP contribution is 1.99. The van der Waals surface area contributed by atoms with Gasteiger partial charge >= 0.3 is 0 Å². The molecule has 1 atom stereocenters. The van der Waals surface area contributed by atoms with Gasteiger partial charge in [-0.1, -0.05) is 12.2 Å². The molecule has 1 unspecified atom stereocenters. The van der Waals surface area contributed by atoms with Crippen LogP contribution in [0, 0.1) is 0 Å². The summed E-state index contributed by atoms with van der Waals surface area (Å²) in [5.41, 5.74) is 5.40. The van der Waals surface area contributed by atoms with Gasteiger partial charge in [-0.2, -0.15) is 0 Å². The third-order valence-electron chi connectivity index (χ3n) is 2.09. The number of hydrogen-bond acceptors (Lipinski definition) is 3. The van der Waals surface area contributed by atoms with E-state index in [9.17, 15) is 0 Å². The summed E-state index contributed by atoms with van der Waals surface area (Å²) in [6.45, 7) is 3.93. The Labute approximate surface area is 86.2 Å². The molecule has 0 aliphatic heterocycles. The van der Waals surface area contributed by atoms with Gasteiger partial charge in [-0.3, -0.25) is 0 Å². The van der Waals surface area contributed by atoms with Gasteiger partial charge in [0.2, 0.25) is 0 Å². The lowest BCUT2D eigenvalue weighted by Crippen LogP contribution is -2.33. The van der Waals surface area contributed by atoms with Gasteiger partial charge in [-0.05, 0) is 33.4 Å².